The Balaban J connectivity index is 1.71. The number of carbonyl (C=O) groups is 1. The van der Waals surface area contributed by atoms with Gasteiger partial charge >= 0.3 is 6.18 Å². The molecule has 140 valence electrons. The minimum absolute atomic E-state index is 0.0281. The van der Waals surface area contributed by atoms with Gasteiger partial charge in [-0.25, -0.2) is 4.98 Å². The molecule has 0 radical (unpaired) electrons. The summed E-state index contributed by atoms with van der Waals surface area (Å²) in [6.07, 6.45) is -3.23. The summed E-state index contributed by atoms with van der Waals surface area (Å²) in [6, 6.07) is 7.79. The lowest BCUT2D eigenvalue weighted by Crippen LogP contribution is -2.15. The predicted octanol–water partition coefficient (Wildman–Crippen LogP) is 5.05. The maximum absolute atomic E-state index is 12.9. The summed E-state index contributed by atoms with van der Waals surface area (Å²) < 4.78 is 43.6. The summed E-state index contributed by atoms with van der Waals surface area (Å²) >= 11 is 5.56. The van der Waals surface area contributed by atoms with E-state index in [9.17, 15) is 18.0 Å². The van der Waals surface area contributed by atoms with Gasteiger partial charge in [0.05, 0.1) is 22.5 Å². The second-order valence-corrected chi connectivity index (χ2v) is 5.93. The molecule has 6 nitrogen and oxygen atoms in total. The predicted molar refractivity (Wildman–Crippen MR) is 93.2 cm³/mol. The maximum atomic E-state index is 12.9. The second-order valence-electron chi connectivity index (χ2n) is 5.53. The fourth-order valence-electron chi connectivity index (χ4n) is 2.19. The van der Waals surface area contributed by atoms with Crippen molar-refractivity contribution >= 4 is 34.7 Å². The zero-order valence-electron chi connectivity index (χ0n) is 13.8. The van der Waals surface area contributed by atoms with Crippen LogP contribution in [0.1, 0.15) is 21.8 Å². The van der Waals surface area contributed by atoms with Crippen LogP contribution in [-0.4, -0.2) is 16.0 Å². The smallest absolute Gasteiger partial charge is 0.360 e. The lowest BCUT2D eigenvalue weighted by molar-refractivity contribution is -0.137. The molecule has 0 aliphatic heterocycles. The molecule has 3 rings (SSSR count). The Morgan fingerprint density at radius 3 is 2.48 bits per heavy atom. The molecule has 2 heterocycles. The van der Waals surface area contributed by atoms with Crippen molar-refractivity contribution in [2.24, 2.45) is 0 Å². The van der Waals surface area contributed by atoms with E-state index < -0.39 is 22.7 Å². The third-order valence-corrected chi connectivity index (χ3v) is 3.76. The van der Waals surface area contributed by atoms with Gasteiger partial charge in [0.15, 0.2) is 5.82 Å². The van der Waals surface area contributed by atoms with Gasteiger partial charge < -0.3 is 15.2 Å². The molecule has 1 amide bonds. The van der Waals surface area contributed by atoms with Crippen LogP contribution in [-0.2, 0) is 6.18 Å². The minimum Gasteiger partial charge on any atom is -0.360 e. The van der Waals surface area contributed by atoms with Crippen LogP contribution in [0.3, 0.4) is 0 Å². The minimum atomic E-state index is -4.62. The number of hydrogen-bond acceptors (Lipinski definition) is 5. The maximum Gasteiger partial charge on any atom is 0.417 e. The number of rotatable bonds is 4. The van der Waals surface area contributed by atoms with E-state index in [2.05, 4.69) is 20.8 Å². The summed E-state index contributed by atoms with van der Waals surface area (Å²) in [7, 11) is 0. The van der Waals surface area contributed by atoms with E-state index >= 15 is 0 Å². The van der Waals surface area contributed by atoms with Gasteiger partial charge in [0.25, 0.3) is 5.91 Å². The van der Waals surface area contributed by atoms with E-state index in [0.29, 0.717) is 17.3 Å². The molecule has 0 unspecified atom stereocenters. The summed E-state index contributed by atoms with van der Waals surface area (Å²) in [5.41, 5.74) is -0.484. The molecule has 0 aliphatic rings. The molecule has 0 atom stereocenters. The number of anilines is 3. The van der Waals surface area contributed by atoms with Gasteiger partial charge in [-0.3, -0.25) is 4.79 Å². The largest absolute Gasteiger partial charge is 0.417 e. The van der Waals surface area contributed by atoms with Crippen LogP contribution >= 0.6 is 11.6 Å². The van der Waals surface area contributed by atoms with Crippen molar-refractivity contribution in [1.29, 1.82) is 0 Å². The Kier molecular flexibility index (Phi) is 5.04. The topological polar surface area (TPSA) is 80.0 Å². The molecule has 0 bridgehead atoms. The summed E-state index contributed by atoms with van der Waals surface area (Å²) in [5, 5.41) is 8.61. The van der Waals surface area contributed by atoms with E-state index in [-0.39, 0.29) is 11.4 Å². The number of hydrogen-bond donors (Lipinski definition) is 2. The van der Waals surface area contributed by atoms with Crippen LogP contribution in [0.25, 0.3) is 0 Å². The molecule has 0 aliphatic carbocycles. The van der Waals surface area contributed by atoms with Gasteiger partial charge in [0.2, 0.25) is 0 Å². The van der Waals surface area contributed by atoms with E-state index in [1.165, 1.54) is 18.3 Å². The number of alkyl halides is 3. The molecule has 0 saturated carbocycles. The van der Waals surface area contributed by atoms with E-state index in [4.69, 9.17) is 16.1 Å². The number of pyridine rings is 1. The average Bonchev–Trinajstić information content (AvgIpc) is 3.01. The number of aromatic nitrogens is 2. The Morgan fingerprint density at radius 1 is 1.15 bits per heavy atom. The zero-order chi connectivity index (χ0) is 19.6. The van der Waals surface area contributed by atoms with E-state index in [1.54, 1.807) is 19.1 Å². The van der Waals surface area contributed by atoms with Crippen molar-refractivity contribution in [1.82, 2.24) is 10.1 Å². The first kappa shape index (κ1) is 18.7. The Morgan fingerprint density at radius 2 is 1.89 bits per heavy atom. The SMILES string of the molecule is Cc1cc(Nc2ccc(C(=O)Nc3ccc(Cl)c(C(F)(F)F)c3)nc2)no1. The molecule has 27 heavy (non-hydrogen) atoms. The fourth-order valence-corrected chi connectivity index (χ4v) is 2.42. The number of nitrogens with zero attached hydrogens (tertiary/aromatic N) is 2. The Bertz CT molecular complexity index is 971. The van der Waals surface area contributed by atoms with Crippen LogP contribution in [0.15, 0.2) is 47.1 Å². The molecule has 0 saturated heterocycles. The van der Waals surface area contributed by atoms with Crippen LogP contribution in [0.2, 0.25) is 5.02 Å². The van der Waals surface area contributed by atoms with Crippen molar-refractivity contribution in [3.05, 3.63) is 64.6 Å². The van der Waals surface area contributed by atoms with Crippen molar-refractivity contribution in [3.63, 3.8) is 0 Å². The number of halogens is 4. The van der Waals surface area contributed by atoms with Crippen molar-refractivity contribution in [2.45, 2.75) is 13.1 Å². The monoisotopic (exact) mass is 396 g/mol. The number of nitrogens with one attached hydrogen (secondary N) is 2. The van der Waals surface area contributed by atoms with E-state index in [1.807, 2.05) is 0 Å². The zero-order valence-corrected chi connectivity index (χ0v) is 14.5. The first-order valence-electron chi connectivity index (χ1n) is 7.57. The number of carbonyl (C=O) groups excluding carboxylic acids is 1. The summed E-state index contributed by atoms with van der Waals surface area (Å²) in [5.74, 6) is 0.448. The highest BCUT2D eigenvalue weighted by Gasteiger charge is 2.33. The van der Waals surface area contributed by atoms with Crippen molar-refractivity contribution in [2.75, 3.05) is 10.6 Å². The third-order valence-electron chi connectivity index (χ3n) is 3.43. The molecule has 2 N–H and O–H groups in total. The van der Waals surface area contributed by atoms with Crippen LogP contribution in [0.4, 0.5) is 30.4 Å². The molecular weight excluding hydrogens is 385 g/mol. The highest BCUT2D eigenvalue weighted by molar-refractivity contribution is 6.31. The average molecular weight is 397 g/mol. The van der Waals surface area contributed by atoms with Gasteiger partial charge in [-0.1, -0.05) is 16.8 Å². The molecular formula is C17H12ClF3N4O2. The van der Waals surface area contributed by atoms with Crippen molar-refractivity contribution < 1.29 is 22.5 Å². The van der Waals surface area contributed by atoms with E-state index in [0.717, 1.165) is 12.1 Å². The lowest BCUT2D eigenvalue weighted by atomic mass is 10.2. The highest BCUT2D eigenvalue weighted by Crippen LogP contribution is 2.36. The second kappa shape index (κ2) is 7.28. The lowest BCUT2D eigenvalue weighted by Gasteiger charge is -2.11. The normalized spacial score (nSPS) is 11.3. The summed E-state index contributed by atoms with van der Waals surface area (Å²) in [4.78, 5) is 16.2. The third kappa shape index (κ3) is 4.56. The molecule has 10 heteroatoms. The molecule has 2 aromatic heterocycles. The van der Waals surface area contributed by atoms with Crippen LogP contribution in [0, 0.1) is 6.92 Å². The van der Waals surface area contributed by atoms with Gasteiger partial charge in [0.1, 0.15) is 11.5 Å². The number of amides is 1. The van der Waals surface area contributed by atoms with Crippen LogP contribution in [0.5, 0.6) is 0 Å². The Hall–Kier alpha value is -3.07. The van der Waals surface area contributed by atoms with Gasteiger partial charge in [-0.15, -0.1) is 0 Å². The first-order valence-corrected chi connectivity index (χ1v) is 7.94. The Labute approximate surface area is 156 Å². The number of benzene rings is 1. The van der Waals surface area contributed by atoms with Crippen molar-refractivity contribution in [3.8, 4) is 0 Å². The quantitative estimate of drug-likeness (QED) is 0.645. The molecule has 3 aromatic rings. The van der Waals surface area contributed by atoms with Crippen LogP contribution < -0.4 is 10.6 Å². The molecule has 1 aromatic carbocycles. The van der Waals surface area contributed by atoms with Gasteiger partial charge in [0, 0.05) is 11.8 Å². The molecule has 0 fully saturated rings. The first-order chi connectivity index (χ1) is 12.7. The number of aryl methyl sites for hydroxylation is 1. The van der Waals surface area contributed by atoms with Gasteiger partial charge in [-0.2, -0.15) is 13.2 Å². The van der Waals surface area contributed by atoms with Gasteiger partial charge in [-0.05, 0) is 37.3 Å². The molecule has 0 spiro atoms. The summed E-state index contributed by atoms with van der Waals surface area (Å²) in [6.45, 7) is 1.74. The standard InChI is InChI=1S/C17H12ClF3N4O2/c1-9-6-15(25-27-9)23-11-3-5-14(22-8-11)16(26)24-10-2-4-13(18)12(7-10)17(19,20)21/h2-8H,1H3,(H,23,25)(H,24,26). The highest BCUT2D eigenvalue weighted by atomic mass is 35.5. The fraction of sp³-hybridized carbons (Fsp3) is 0.118.